The van der Waals surface area contributed by atoms with Gasteiger partial charge in [-0.2, -0.15) is 0 Å². The van der Waals surface area contributed by atoms with Gasteiger partial charge < -0.3 is 25.6 Å². The predicted molar refractivity (Wildman–Crippen MR) is 170 cm³/mol. The molecule has 2 aromatic carbocycles. The first-order valence-corrected chi connectivity index (χ1v) is 14.7. The van der Waals surface area contributed by atoms with Crippen LogP contribution in [-0.2, 0) is 4.79 Å². The maximum Gasteiger partial charge on any atom is 0.259 e. The average Bonchev–Trinajstić information content (AvgIpc) is 3.00. The molecule has 10 nitrogen and oxygen atoms in total. The molecule has 0 atom stereocenters. The Morgan fingerprint density at radius 1 is 0.884 bits per heavy atom. The Morgan fingerprint density at radius 2 is 1.58 bits per heavy atom. The van der Waals surface area contributed by atoms with E-state index in [0.717, 1.165) is 19.3 Å². The van der Waals surface area contributed by atoms with Crippen molar-refractivity contribution in [3.05, 3.63) is 82.5 Å². The number of carbonyl (C=O) groups is 3. The summed E-state index contributed by atoms with van der Waals surface area (Å²) in [6.45, 7) is 2.55. The zero-order valence-electron chi connectivity index (χ0n) is 24.8. The van der Waals surface area contributed by atoms with Gasteiger partial charge in [-0.05, 0) is 48.9 Å². The van der Waals surface area contributed by atoms with E-state index in [-0.39, 0.29) is 35.3 Å². The van der Waals surface area contributed by atoms with Crippen molar-refractivity contribution in [1.82, 2.24) is 15.2 Å². The maximum atomic E-state index is 13.3. The molecule has 0 unspecified atom stereocenters. The van der Waals surface area contributed by atoms with Crippen LogP contribution < -0.4 is 20.7 Å². The first kappa shape index (κ1) is 33.1. The third kappa shape index (κ3) is 10.7. The Morgan fingerprint density at radius 3 is 2.26 bits per heavy atom. The first-order chi connectivity index (χ1) is 20.7. The van der Waals surface area contributed by atoms with Gasteiger partial charge in [-0.25, -0.2) is 4.98 Å². The standard InChI is InChI=1S/C32H39ClN6O4/c1-4-5-6-7-8-9-18-35-29(40)21-43-25-15-16-27(26(19-25)32(42)38-28-17-14-24(33)20-36-28)37-31(41)23-12-10-22(11-13-23)30(34)39(2)3/h10-17,19-20,34H,4-9,18,21H2,1-3H3,(H,35,40)(H,37,41)(H,36,38,42). The number of benzene rings is 2. The van der Waals surface area contributed by atoms with Crippen LogP contribution in [0.25, 0.3) is 0 Å². The lowest BCUT2D eigenvalue weighted by atomic mass is 10.1. The minimum atomic E-state index is -0.544. The highest BCUT2D eigenvalue weighted by Gasteiger charge is 2.18. The van der Waals surface area contributed by atoms with E-state index in [1.165, 1.54) is 31.5 Å². The lowest BCUT2D eigenvalue weighted by molar-refractivity contribution is -0.123. The van der Waals surface area contributed by atoms with E-state index in [9.17, 15) is 14.4 Å². The SMILES string of the molecule is CCCCCCCCNC(=O)COc1ccc(NC(=O)c2ccc(C(=N)N(C)C)cc2)c(C(=O)Nc2ccc(Cl)cn2)c1. The number of anilines is 2. The molecule has 43 heavy (non-hydrogen) atoms. The molecule has 4 N–H and O–H groups in total. The van der Waals surface area contributed by atoms with Crippen LogP contribution in [0.4, 0.5) is 11.5 Å². The summed E-state index contributed by atoms with van der Waals surface area (Å²) in [7, 11) is 3.54. The second-order valence-electron chi connectivity index (χ2n) is 10.2. The second-order valence-corrected chi connectivity index (χ2v) is 10.6. The van der Waals surface area contributed by atoms with E-state index in [1.54, 1.807) is 67.5 Å². The molecule has 3 rings (SSSR count). The second kappa shape index (κ2) is 16.9. The summed E-state index contributed by atoms with van der Waals surface area (Å²) in [6.07, 6.45) is 8.18. The number of amidine groups is 1. The number of rotatable bonds is 15. The molecule has 0 aliphatic rings. The quantitative estimate of drug-likeness (QED) is 0.0954. The monoisotopic (exact) mass is 606 g/mol. The van der Waals surface area contributed by atoms with Crippen molar-refractivity contribution < 1.29 is 19.1 Å². The number of nitrogens with zero attached hydrogens (tertiary/aromatic N) is 2. The van der Waals surface area contributed by atoms with E-state index < -0.39 is 11.8 Å². The molecule has 1 heterocycles. The van der Waals surface area contributed by atoms with Gasteiger partial charge in [0.1, 0.15) is 17.4 Å². The molecule has 0 saturated heterocycles. The van der Waals surface area contributed by atoms with E-state index in [1.807, 2.05) is 0 Å². The molecule has 0 bridgehead atoms. The third-order valence-corrected chi connectivity index (χ3v) is 6.77. The molecular weight excluding hydrogens is 568 g/mol. The lowest BCUT2D eigenvalue weighted by Gasteiger charge is -2.15. The topological polar surface area (TPSA) is 137 Å². The molecule has 0 saturated carbocycles. The van der Waals surface area contributed by atoms with E-state index in [2.05, 4.69) is 27.9 Å². The zero-order valence-corrected chi connectivity index (χ0v) is 25.6. The summed E-state index contributed by atoms with van der Waals surface area (Å²) in [5.74, 6) is -0.372. The largest absolute Gasteiger partial charge is 0.484 e. The van der Waals surface area contributed by atoms with Gasteiger partial charge >= 0.3 is 0 Å². The van der Waals surface area contributed by atoms with Gasteiger partial charge in [0.2, 0.25) is 0 Å². The highest BCUT2D eigenvalue weighted by Crippen LogP contribution is 2.25. The molecule has 3 amide bonds. The van der Waals surface area contributed by atoms with Crippen molar-refractivity contribution in [3.8, 4) is 5.75 Å². The van der Waals surface area contributed by atoms with E-state index in [0.29, 0.717) is 28.5 Å². The minimum Gasteiger partial charge on any atom is -0.484 e. The molecule has 1 aromatic heterocycles. The Bertz CT molecular complexity index is 1390. The van der Waals surface area contributed by atoms with Gasteiger partial charge in [-0.3, -0.25) is 19.8 Å². The molecule has 11 heteroatoms. The summed E-state index contributed by atoms with van der Waals surface area (Å²) in [4.78, 5) is 44.4. The molecule has 228 valence electrons. The van der Waals surface area contributed by atoms with Crippen molar-refractivity contribution in [2.45, 2.75) is 45.4 Å². The molecule has 0 fully saturated rings. The smallest absolute Gasteiger partial charge is 0.259 e. The Kier molecular flexibility index (Phi) is 13.0. The summed E-state index contributed by atoms with van der Waals surface area (Å²) >= 11 is 5.91. The zero-order chi connectivity index (χ0) is 31.2. The van der Waals surface area contributed by atoms with E-state index >= 15 is 0 Å². The van der Waals surface area contributed by atoms with Crippen molar-refractivity contribution in [1.29, 1.82) is 5.41 Å². The van der Waals surface area contributed by atoms with Gasteiger partial charge in [-0.15, -0.1) is 0 Å². The molecule has 0 aliphatic heterocycles. The van der Waals surface area contributed by atoms with Crippen molar-refractivity contribution in [3.63, 3.8) is 0 Å². The fourth-order valence-electron chi connectivity index (χ4n) is 4.11. The predicted octanol–water partition coefficient (Wildman–Crippen LogP) is 5.98. The number of pyridine rings is 1. The summed E-state index contributed by atoms with van der Waals surface area (Å²) in [6, 6.07) is 14.3. The van der Waals surface area contributed by atoms with E-state index in [4.69, 9.17) is 21.7 Å². The van der Waals surface area contributed by atoms with Crippen molar-refractivity contribution in [2.24, 2.45) is 0 Å². The number of hydrogen-bond donors (Lipinski definition) is 4. The van der Waals surface area contributed by atoms with Gasteiger partial charge in [-0.1, -0.05) is 62.8 Å². The number of halogens is 1. The van der Waals surface area contributed by atoms with Crippen LogP contribution in [0.3, 0.4) is 0 Å². The third-order valence-electron chi connectivity index (χ3n) is 6.54. The molecule has 3 aromatic rings. The van der Waals surface area contributed by atoms with Gasteiger partial charge in [0.25, 0.3) is 17.7 Å². The number of ether oxygens (including phenoxy) is 1. The minimum absolute atomic E-state index is 0.112. The van der Waals surface area contributed by atoms with Crippen LogP contribution in [0.1, 0.15) is 71.7 Å². The van der Waals surface area contributed by atoms with Crippen LogP contribution in [0.2, 0.25) is 5.02 Å². The number of nitrogens with one attached hydrogen (secondary N) is 4. The average molecular weight is 607 g/mol. The Balaban J connectivity index is 1.70. The first-order valence-electron chi connectivity index (χ1n) is 14.3. The van der Waals surface area contributed by atoms with Crippen LogP contribution in [0.5, 0.6) is 5.75 Å². The van der Waals surface area contributed by atoms with Crippen LogP contribution >= 0.6 is 11.6 Å². The molecule has 0 radical (unpaired) electrons. The number of amides is 3. The number of carbonyl (C=O) groups excluding carboxylic acids is 3. The van der Waals surface area contributed by atoms with Crippen molar-refractivity contribution in [2.75, 3.05) is 37.9 Å². The maximum absolute atomic E-state index is 13.3. The van der Waals surface area contributed by atoms with Crippen LogP contribution in [0, 0.1) is 5.41 Å². The highest BCUT2D eigenvalue weighted by molar-refractivity contribution is 6.30. The summed E-state index contributed by atoms with van der Waals surface area (Å²) in [5, 5.41) is 16.8. The molecular formula is C32H39ClN6O4. The number of unbranched alkanes of at least 4 members (excludes halogenated alkanes) is 5. The lowest BCUT2D eigenvalue weighted by Crippen LogP contribution is -2.29. The van der Waals surface area contributed by atoms with Crippen molar-refractivity contribution >= 4 is 46.7 Å². The molecule has 0 aliphatic carbocycles. The summed E-state index contributed by atoms with van der Waals surface area (Å²) < 4.78 is 5.67. The van der Waals surface area contributed by atoms with Gasteiger partial charge in [0, 0.05) is 38.0 Å². The van der Waals surface area contributed by atoms with Crippen LogP contribution in [-0.4, -0.2) is 60.7 Å². The van der Waals surface area contributed by atoms with Gasteiger partial charge in [0.15, 0.2) is 6.61 Å². The number of hydrogen-bond acceptors (Lipinski definition) is 6. The fourth-order valence-corrected chi connectivity index (χ4v) is 4.22. The normalized spacial score (nSPS) is 10.5. The molecule has 0 spiro atoms. The highest BCUT2D eigenvalue weighted by atomic mass is 35.5. The number of aromatic nitrogens is 1. The Hall–Kier alpha value is -4.44. The van der Waals surface area contributed by atoms with Crippen LogP contribution in [0.15, 0.2) is 60.8 Å². The fraction of sp³-hybridized carbons (Fsp3) is 0.344. The van der Waals surface area contributed by atoms with Gasteiger partial charge in [0.05, 0.1) is 16.3 Å². The Labute approximate surface area is 257 Å². The summed E-state index contributed by atoms with van der Waals surface area (Å²) in [5.41, 5.74) is 1.36.